The molecule has 0 saturated heterocycles. The van der Waals surface area contributed by atoms with Crippen molar-refractivity contribution < 1.29 is 14.0 Å². The molecule has 0 aliphatic carbocycles. The van der Waals surface area contributed by atoms with Crippen molar-refractivity contribution in [2.45, 2.75) is 31.2 Å². The maximum absolute atomic E-state index is 13.7. The van der Waals surface area contributed by atoms with E-state index in [1.807, 2.05) is 0 Å². The molecule has 0 aliphatic heterocycles. The van der Waals surface area contributed by atoms with Crippen LogP contribution in [0.5, 0.6) is 0 Å². The van der Waals surface area contributed by atoms with Gasteiger partial charge in [0.25, 0.3) is 0 Å². The fraction of sp³-hybridized carbons (Fsp3) is 0.211. The zero-order chi connectivity index (χ0) is 21.0. The Morgan fingerprint density at radius 2 is 1.90 bits per heavy atom. The molecule has 0 spiro atoms. The number of halogens is 1. The minimum absolute atomic E-state index is 0.189. The second kappa shape index (κ2) is 8.82. The summed E-state index contributed by atoms with van der Waals surface area (Å²) in [5.74, 6) is -0.878. The van der Waals surface area contributed by atoms with E-state index in [0.717, 1.165) is 11.8 Å². The van der Waals surface area contributed by atoms with E-state index in [-0.39, 0.29) is 17.6 Å². The van der Waals surface area contributed by atoms with Gasteiger partial charge in [0.2, 0.25) is 17.0 Å². The van der Waals surface area contributed by atoms with E-state index < -0.39 is 5.25 Å². The van der Waals surface area contributed by atoms with Crippen molar-refractivity contribution in [3.05, 3.63) is 53.8 Å². The van der Waals surface area contributed by atoms with Crippen LogP contribution in [0.25, 0.3) is 5.69 Å². The number of aryl methyl sites for hydroxylation is 1. The van der Waals surface area contributed by atoms with E-state index in [1.54, 1.807) is 50.2 Å². The summed E-state index contributed by atoms with van der Waals surface area (Å²) in [7, 11) is 0. The van der Waals surface area contributed by atoms with Gasteiger partial charge in [-0.3, -0.25) is 9.59 Å². The number of nitrogens with zero attached hydrogens (tertiary/aromatic N) is 4. The summed E-state index contributed by atoms with van der Waals surface area (Å²) in [6.45, 7) is 4.78. The van der Waals surface area contributed by atoms with Crippen molar-refractivity contribution in [1.29, 1.82) is 0 Å². The molecule has 3 aromatic rings. The molecule has 0 bridgehead atoms. The molecule has 29 heavy (non-hydrogen) atoms. The number of tetrazole rings is 1. The number of aromatic nitrogens is 4. The van der Waals surface area contributed by atoms with E-state index >= 15 is 0 Å². The molecule has 1 heterocycles. The van der Waals surface area contributed by atoms with Crippen LogP contribution in [0, 0.1) is 12.7 Å². The molecule has 3 rings (SSSR count). The Hall–Kier alpha value is -3.27. The molecule has 1 aromatic heterocycles. The number of amides is 2. The molecule has 2 aromatic carbocycles. The van der Waals surface area contributed by atoms with Crippen molar-refractivity contribution in [3.63, 3.8) is 0 Å². The van der Waals surface area contributed by atoms with Crippen molar-refractivity contribution in [2.75, 3.05) is 10.6 Å². The summed E-state index contributed by atoms with van der Waals surface area (Å²) in [6, 6.07) is 11.5. The number of nitrogens with one attached hydrogen (secondary N) is 2. The van der Waals surface area contributed by atoms with Crippen LogP contribution in [0.15, 0.2) is 47.6 Å². The predicted octanol–water partition coefficient (Wildman–Crippen LogP) is 3.19. The molecule has 8 nitrogen and oxygen atoms in total. The highest BCUT2D eigenvalue weighted by atomic mass is 32.2. The van der Waals surface area contributed by atoms with Gasteiger partial charge in [0.1, 0.15) is 5.82 Å². The highest BCUT2D eigenvalue weighted by Gasteiger charge is 2.20. The third-order valence-electron chi connectivity index (χ3n) is 3.94. The first-order valence-corrected chi connectivity index (χ1v) is 9.61. The van der Waals surface area contributed by atoms with Crippen LogP contribution in [-0.2, 0) is 9.59 Å². The number of anilines is 2. The minimum Gasteiger partial charge on any atom is -0.326 e. The topological polar surface area (TPSA) is 102 Å². The van der Waals surface area contributed by atoms with Gasteiger partial charge in [-0.15, -0.1) is 5.10 Å². The molecule has 0 saturated carbocycles. The number of thioether (sulfide) groups is 1. The molecule has 0 aliphatic rings. The lowest BCUT2D eigenvalue weighted by atomic mass is 10.2. The maximum Gasteiger partial charge on any atom is 0.237 e. The lowest BCUT2D eigenvalue weighted by molar-refractivity contribution is -0.115. The van der Waals surface area contributed by atoms with Gasteiger partial charge in [-0.25, -0.2) is 4.39 Å². The first-order chi connectivity index (χ1) is 13.8. The fourth-order valence-corrected chi connectivity index (χ4v) is 3.27. The Kier molecular flexibility index (Phi) is 6.23. The van der Waals surface area contributed by atoms with Crippen LogP contribution in [0.1, 0.15) is 19.4 Å². The Bertz CT molecular complexity index is 1050. The first kappa shape index (κ1) is 20.5. The fourth-order valence-electron chi connectivity index (χ4n) is 2.46. The van der Waals surface area contributed by atoms with Gasteiger partial charge >= 0.3 is 0 Å². The normalized spacial score (nSPS) is 11.7. The smallest absolute Gasteiger partial charge is 0.237 e. The molecule has 1 unspecified atom stereocenters. The average Bonchev–Trinajstić information content (AvgIpc) is 3.12. The Morgan fingerprint density at radius 1 is 1.14 bits per heavy atom. The number of hydrogen-bond acceptors (Lipinski definition) is 6. The maximum atomic E-state index is 13.7. The highest BCUT2D eigenvalue weighted by Crippen LogP contribution is 2.25. The second-order valence-corrected chi connectivity index (χ2v) is 7.63. The van der Waals surface area contributed by atoms with Crippen LogP contribution in [-0.4, -0.2) is 37.3 Å². The van der Waals surface area contributed by atoms with Gasteiger partial charge in [0.05, 0.1) is 10.9 Å². The van der Waals surface area contributed by atoms with Crippen molar-refractivity contribution >= 4 is 35.0 Å². The van der Waals surface area contributed by atoms with Crippen molar-refractivity contribution in [2.24, 2.45) is 0 Å². The highest BCUT2D eigenvalue weighted by molar-refractivity contribution is 8.00. The van der Waals surface area contributed by atoms with Crippen molar-refractivity contribution in [1.82, 2.24) is 20.2 Å². The number of hydrogen-bond donors (Lipinski definition) is 2. The number of carbonyl (C=O) groups excluding carboxylic acids is 2. The summed E-state index contributed by atoms with van der Waals surface area (Å²) in [6.07, 6.45) is 0. The number of carbonyl (C=O) groups is 2. The molecule has 2 amide bonds. The summed E-state index contributed by atoms with van der Waals surface area (Å²) in [4.78, 5) is 23.7. The van der Waals surface area contributed by atoms with Gasteiger partial charge in [-0.1, -0.05) is 23.9 Å². The van der Waals surface area contributed by atoms with E-state index in [4.69, 9.17) is 0 Å². The molecule has 150 valence electrons. The predicted molar refractivity (Wildman–Crippen MR) is 109 cm³/mol. The SMILES string of the molecule is CC(=O)Nc1cccc(-n2nnnc2SC(C)C(=O)Nc2ccc(C)c(F)c2)c1. The van der Waals surface area contributed by atoms with Gasteiger partial charge in [-0.05, 0) is 60.2 Å². The lowest BCUT2D eigenvalue weighted by Gasteiger charge is -2.12. The van der Waals surface area contributed by atoms with Gasteiger partial charge in [0, 0.05) is 18.3 Å². The average molecular weight is 414 g/mol. The van der Waals surface area contributed by atoms with Gasteiger partial charge in [0.15, 0.2) is 0 Å². The van der Waals surface area contributed by atoms with Crippen LogP contribution in [0.2, 0.25) is 0 Å². The monoisotopic (exact) mass is 414 g/mol. The zero-order valence-corrected chi connectivity index (χ0v) is 16.8. The summed E-state index contributed by atoms with van der Waals surface area (Å²) < 4.78 is 15.2. The lowest BCUT2D eigenvalue weighted by Crippen LogP contribution is -2.23. The molecule has 2 N–H and O–H groups in total. The minimum atomic E-state index is -0.539. The largest absolute Gasteiger partial charge is 0.326 e. The first-order valence-electron chi connectivity index (χ1n) is 8.73. The molecule has 0 radical (unpaired) electrons. The quantitative estimate of drug-likeness (QED) is 0.601. The van der Waals surface area contributed by atoms with E-state index in [0.29, 0.717) is 27.8 Å². The third kappa shape index (κ3) is 5.17. The van der Waals surface area contributed by atoms with Crippen LogP contribution in [0.3, 0.4) is 0 Å². The van der Waals surface area contributed by atoms with Crippen LogP contribution < -0.4 is 10.6 Å². The molecular formula is C19H19FN6O2S. The van der Waals surface area contributed by atoms with E-state index in [1.165, 1.54) is 17.7 Å². The number of benzene rings is 2. The standard InChI is InChI=1S/C19H19FN6O2S/c1-11-7-8-15(10-17(11)20)22-18(28)12(2)29-19-23-24-25-26(19)16-6-4-5-14(9-16)21-13(3)27/h4-10,12H,1-3H3,(H,21,27)(H,22,28). The molecule has 10 heteroatoms. The Balaban J connectivity index is 1.73. The summed E-state index contributed by atoms with van der Waals surface area (Å²) in [5, 5.41) is 16.9. The third-order valence-corrected chi connectivity index (χ3v) is 4.98. The second-order valence-electron chi connectivity index (χ2n) is 6.32. The summed E-state index contributed by atoms with van der Waals surface area (Å²) >= 11 is 1.16. The molecule has 0 fully saturated rings. The number of rotatable bonds is 6. The molecule has 1 atom stereocenters. The Labute approximate surface area is 170 Å². The van der Waals surface area contributed by atoms with Gasteiger partial charge < -0.3 is 10.6 Å². The van der Waals surface area contributed by atoms with Gasteiger partial charge in [-0.2, -0.15) is 4.68 Å². The van der Waals surface area contributed by atoms with E-state index in [9.17, 15) is 14.0 Å². The summed E-state index contributed by atoms with van der Waals surface area (Å²) in [5.41, 5.74) is 2.13. The van der Waals surface area contributed by atoms with Crippen molar-refractivity contribution in [3.8, 4) is 5.69 Å². The van der Waals surface area contributed by atoms with Crippen LogP contribution >= 0.6 is 11.8 Å². The van der Waals surface area contributed by atoms with E-state index in [2.05, 4.69) is 26.2 Å². The zero-order valence-electron chi connectivity index (χ0n) is 16.0. The van der Waals surface area contributed by atoms with Crippen LogP contribution in [0.4, 0.5) is 15.8 Å². The molecular weight excluding hydrogens is 395 g/mol. The Morgan fingerprint density at radius 3 is 2.62 bits per heavy atom.